The van der Waals surface area contributed by atoms with Crippen LogP contribution >= 0.6 is 0 Å². The fourth-order valence-electron chi connectivity index (χ4n) is 2.61. The van der Waals surface area contributed by atoms with E-state index in [2.05, 4.69) is 15.6 Å². The van der Waals surface area contributed by atoms with E-state index in [4.69, 9.17) is 5.11 Å². The highest BCUT2D eigenvalue weighted by atomic mass is 16.4. The van der Waals surface area contributed by atoms with E-state index in [1.54, 1.807) is 0 Å². The zero-order valence-corrected chi connectivity index (χ0v) is 11.1. The largest absolute Gasteiger partial charge is 0.477 e. The van der Waals surface area contributed by atoms with Gasteiger partial charge in [-0.15, -0.1) is 0 Å². The number of carbonyl (C=O) groups excluding carboxylic acids is 1. The first-order valence-corrected chi connectivity index (χ1v) is 6.83. The van der Waals surface area contributed by atoms with Gasteiger partial charge in [0.1, 0.15) is 5.69 Å². The number of aromatic carboxylic acids is 1. The maximum Gasteiger partial charge on any atom is 0.354 e. The van der Waals surface area contributed by atoms with Gasteiger partial charge in [-0.1, -0.05) is 0 Å². The Morgan fingerprint density at radius 1 is 1.35 bits per heavy atom. The third kappa shape index (κ3) is 2.74. The molecule has 106 valence electrons. The van der Waals surface area contributed by atoms with Gasteiger partial charge in [0.15, 0.2) is 0 Å². The molecule has 1 aromatic heterocycles. The molecule has 3 N–H and O–H groups in total. The minimum Gasteiger partial charge on any atom is -0.477 e. The van der Waals surface area contributed by atoms with E-state index in [0.29, 0.717) is 11.1 Å². The van der Waals surface area contributed by atoms with Gasteiger partial charge in [0, 0.05) is 6.54 Å². The van der Waals surface area contributed by atoms with Gasteiger partial charge in [0.25, 0.3) is 0 Å². The molecule has 2 aliphatic rings. The Balaban J connectivity index is 1.49. The average Bonchev–Trinajstić information content (AvgIpc) is 3.28. The Labute approximate surface area is 116 Å². The summed E-state index contributed by atoms with van der Waals surface area (Å²) in [6.07, 6.45) is 6.37. The van der Waals surface area contributed by atoms with E-state index in [-0.39, 0.29) is 11.7 Å². The molecule has 0 spiro atoms. The average molecular weight is 275 g/mol. The first-order valence-electron chi connectivity index (χ1n) is 6.83. The van der Waals surface area contributed by atoms with Crippen LogP contribution < -0.4 is 10.6 Å². The van der Waals surface area contributed by atoms with Gasteiger partial charge in [-0.25, -0.2) is 14.6 Å². The molecule has 0 aliphatic heterocycles. The van der Waals surface area contributed by atoms with Crippen LogP contribution in [0.4, 0.5) is 10.5 Å². The third-order valence-corrected chi connectivity index (χ3v) is 4.18. The number of nitrogens with zero attached hydrogens (tertiary/aromatic N) is 1. The van der Waals surface area contributed by atoms with E-state index in [9.17, 15) is 9.59 Å². The molecule has 0 atom stereocenters. The lowest BCUT2D eigenvalue weighted by molar-refractivity contribution is 0.0690. The lowest BCUT2D eigenvalue weighted by Gasteiger charge is -2.15. The maximum absolute atomic E-state index is 11.8. The minimum atomic E-state index is -1.08. The van der Waals surface area contributed by atoms with Crippen molar-refractivity contribution in [2.45, 2.75) is 25.7 Å². The molecule has 2 saturated carbocycles. The smallest absolute Gasteiger partial charge is 0.354 e. The number of urea groups is 1. The second kappa shape index (κ2) is 4.77. The number of carboxylic acid groups (broad SMARTS) is 1. The van der Waals surface area contributed by atoms with Crippen molar-refractivity contribution in [3.05, 3.63) is 24.0 Å². The molecule has 0 bridgehead atoms. The molecule has 0 saturated heterocycles. The lowest BCUT2D eigenvalue weighted by atomic mass is 10.0. The predicted octanol–water partition coefficient (Wildman–Crippen LogP) is 2.09. The molecule has 2 amide bonds. The zero-order valence-electron chi connectivity index (χ0n) is 11.1. The molecule has 0 aromatic carbocycles. The summed E-state index contributed by atoms with van der Waals surface area (Å²) in [6.45, 7) is 0.726. The zero-order chi connectivity index (χ0) is 14.2. The summed E-state index contributed by atoms with van der Waals surface area (Å²) in [4.78, 5) is 26.2. The highest BCUT2D eigenvalue weighted by molar-refractivity contribution is 5.90. The fraction of sp³-hybridized carbons (Fsp3) is 0.500. The van der Waals surface area contributed by atoms with Crippen LogP contribution in [0.2, 0.25) is 0 Å². The van der Waals surface area contributed by atoms with Crippen LogP contribution in [0.15, 0.2) is 18.3 Å². The predicted molar refractivity (Wildman–Crippen MR) is 72.6 cm³/mol. The SMILES string of the molecule is O=C(NCC1(C2CC2)CC1)Nc1ccc(C(=O)O)nc1. The molecule has 0 unspecified atom stereocenters. The van der Waals surface area contributed by atoms with Crippen molar-refractivity contribution < 1.29 is 14.7 Å². The number of aromatic nitrogens is 1. The number of carbonyl (C=O) groups is 2. The molecule has 20 heavy (non-hydrogen) atoms. The third-order valence-electron chi connectivity index (χ3n) is 4.18. The van der Waals surface area contributed by atoms with Crippen molar-refractivity contribution in [3.8, 4) is 0 Å². The van der Waals surface area contributed by atoms with E-state index in [0.717, 1.165) is 12.5 Å². The summed E-state index contributed by atoms with van der Waals surface area (Å²) in [5, 5.41) is 14.3. The highest BCUT2D eigenvalue weighted by Gasteiger charge is 2.53. The van der Waals surface area contributed by atoms with E-state index in [1.807, 2.05) is 0 Å². The number of carboxylic acids is 1. The Morgan fingerprint density at radius 2 is 2.10 bits per heavy atom. The van der Waals surface area contributed by atoms with Crippen molar-refractivity contribution in [2.24, 2.45) is 11.3 Å². The Bertz CT molecular complexity index is 533. The molecule has 3 rings (SSSR count). The summed E-state index contributed by atoms with van der Waals surface area (Å²) < 4.78 is 0. The number of hydrogen-bond acceptors (Lipinski definition) is 3. The van der Waals surface area contributed by atoms with Crippen LogP contribution in [-0.4, -0.2) is 28.6 Å². The van der Waals surface area contributed by atoms with Gasteiger partial charge in [-0.05, 0) is 49.1 Å². The summed E-state index contributed by atoms with van der Waals surface area (Å²) in [7, 11) is 0. The maximum atomic E-state index is 11.8. The molecule has 2 fully saturated rings. The monoisotopic (exact) mass is 275 g/mol. The minimum absolute atomic E-state index is 0.0402. The molecule has 2 aliphatic carbocycles. The number of rotatable bonds is 5. The standard InChI is InChI=1S/C14H17N3O3/c18-12(19)11-4-3-10(7-15-11)17-13(20)16-8-14(5-6-14)9-1-2-9/h3-4,7,9H,1-2,5-6,8H2,(H,18,19)(H2,16,17,20). The van der Waals surface area contributed by atoms with Crippen molar-refractivity contribution in [3.63, 3.8) is 0 Å². The van der Waals surface area contributed by atoms with Gasteiger partial charge in [0.05, 0.1) is 11.9 Å². The fourth-order valence-corrected chi connectivity index (χ4v) is 2.61. The molecule has 1 heterocycles. The first kappa shape index (κ1) is 12.9. The molecule has 6 nitrogen and oxygen atoms in total. The van der Waals surface area contributed by atoms with Crippen molar-refractivity contribution in [1.82, 2.24) is 10.3 Å². The molecular formula is C14H17N3O3. The number of nitrogens with one attached hydrogen (secondary N) is 2. The summed E-state index contributed by atoms with van der Waals surface area (Å²) >= 11 is 0. The van der Waals surface area contributed by atoms with Crippen LogP contribution in [0, 0.1) is 11.3 Å². The lowest BCUT2D eigenvalue weighted by Crippen LogP contribution is -2.34. The topological polar surface area (TPSA) is 91.3 Å². The van der Waals surface area contributed by atoms with Gasteiger partial charge in [0.2, 0.25) is 0 Å². The summed E-state index contributed by atoms with van der Waals surface area (Å²) in [6, 6.07) is 2.63. The van der Waals surface area contributed by atoms with Crippen molar-refractivity contribution in [1.29, 1.82) is 0 Å². The number of amides is 2. The highest BCUT2D eigenvalue weighted by Crippen LogP contribution is 2.60. The van der Waals surface area contributed by atoms with Crippen LogP contribution in [0.1, 0.15) is 36.2 Å². The Kier molecular flexibility index (Phi) is 3.08. The van der Waals surface area contributed by atoms with Gasteiger partial charge in [-0.2, -0.15) is 0 Å². The second-order valence-corrected chi connectivity index (χ2v) is 5.68. The molecular weight excluding hydrogens is 258 g/mol. The first-order chi connectivity index (χ1) is 9.59. The number of pyridine rings is 1. The second-order valence-electron chi connectivity index (χ2n) is 5.68. The van der Waals surface area contributed by atoms with Crippen LogP contribution in [0.3, 0.4) is 0 Å². The quantitative estimate of drug-likeness (QED) is 0.767. The van der Waals surface area contributed by atoms with Crippen LogP contribution in [-0.2, 0) is 0 Å². The van der Waals surface area contributed by atoms with E-state index < -0.39 is 5.97 Å². The van der Waals surface area contributed by atoms with E-state index in [1.165, 1.54) is 44.0 Å². The van der Waals surface area contributed by atoms with Crippen molar-refractivity contribution >= 4 is 17.7 Å². The normalized spacial score (nSPS) is 19.2. The van der Waals surface area contributed by atoms with Gasteiger partial charge in [-0.3, -0.25) is 0 Å². The van der Waals surface area contributed by atoms with Gasteiger partial charge >= 0.3 is 12.0 Å². The van der Waals surface area contributed by atoms with Crippen molar-refractivity contribution in [2.75, 3.05) is 11.9 Å². The van der Waals surface area contributed by atoms with Crippen LogP contribution in [0.25, 0.3) is 0 Å². The Hall–Kier alpha value is -2.11. The summed E-state index contributed by atoms with van der Waals surface area (Å²) in [5.74, 6) is -0.277. The Morgan fingerprint density at radius 3 is 2.60 bits per heavy atom. The molecule has 1 aromatic rings. The van der Waals surface area contributed by atoms with Gasteiger partial charge < -0.3 is 15.7 Å². The number of hydrogen-bond donors (Lipinski definition) is 3. The molecule has 6 heteroatoms. The summed E-state index contributed by atoms with van der Waals surface area (Å²) in [5.41, 5.74) is 0.813. The van der Waals surface area contributed by atoms with Crippen LogP contribution in [0.5, 0.6) is 0 Å². The van der Waals surface area contributed by atoms with E-state index >= 15 is 0 Å². The number of anilines is 1. The molecule has 0 radical (unpaired) electrons.